The highest BCUT2D eigenvalue weighted by molar-refractivity contribution is 6.30. The zero-order chi connectivity index (χ0) is 14.8. The van der Waals surface area contributed by atoms with E-state index in [9.17, 15) is 4.79 Å². The van der Waals surface area contributed by atoms with Gasteiger partial charge in [0, 0.05) is 16.8 Å². The number of carbonyl (C=O) groups excluding carboxylic acids is 1. The van der Waals surface area contributed by atoms with E-state index in [-0.39, 0.29) is 0 Å². The van der Waals surface area contributed by atoms with Crippen LogP contribution in [0, 0.1) is 6.92 Å². The second-order valence-electron chi connectivity index (χ2n) is 4.84. The van der Waals surface area contributed by atoms with E-state index in [4.69, 9.17) is 11.6 Å². The molecule has 0 atom stereocenters. The van der Waals surface area contributed by atoms with Gasteiger partial charge in [0.05, 0.1) is 11.3 Å². The Balaban J connectivity index is 2.10. The summed E-state index contributed by atoms with van der Waals surface area (Å²) in [6.45, 7) is 2.02. The van der Waals surface area contributed by atoms with Gasteiger partial charge in [-0.05, 0) is 25.1 Å². The first kappa shape index (κ1) is 13.6. The lowest BCUT2D eigenvalue weighted by molar-refractivity contribution is 0.112. The number of halogens is 1. The standard InChI is InChI=1S/C17H13ClN2O/c1-12-5-7-13(8-6-12)17-14(11-21)10-20(19-17)16-4-2-3-15(18)9-16/h2-11H,1H3. The maximum absolute atomic E-state index is 11.3. The molecule has 0 saturated carbocycles. The molecule has 0 fully saturated rings. The van der Waals surface area contributed by atoms with Gasteiger partial charge in [-0.3, -0.25) is 4.79 Å². The number of hydrogen-bond donors (Lipinski definition) is 0. The number of aromatic nitrogens is 2. The number of rotatable bonds is 3. The molecule has 3 nitrogen and oxygen atoms in total. The highest BCUT2D eigenvalue weighted by Crippen LogP contribution is 2.23. The van der Waals surface area contributed by atoms with Crippen LogP contribution in [0.1, 0.15) is 15.9 Å². The van der Waals surface area contributed by atoms with E-state index >= 15 is 0 Å². The number of benzene rings is 2. The minimum absolute atomic E-state index is 0.554. The Morgan fingerprint density at radius 2 is 1.90 bits per heavy atom. The third-order valence-corrected chi connectivity index (χ3v) is 3.50. The molecule has 0 aliphatic carbocycles. The first-order chi connectivity index (χ1) is 10.2. The van der Waals surface area contributed by atoms with Gasteiger partial charge in [-0.25, -0.2) is 4.68 Å². The van der Waals surface area contributed by atoms with Crippen molar-refractivity contribution in [3.8, 4) is 16.9 Å². The number of aryl methyl sites for hydroxylation is 1. The Labute approximate surface area is 127 Å². The van der Waals surface area contributed by atoms with Gasteiger partial charge in [-0.1, -0.05) is 47.5 Å². The summed E-state index contributed by atoms with van der Waals surface area (Å²) in [5.74, 6) is 0. The highest BCUT2D eigenvalue weighted by Gasteiger charge is 2.11. The zero-order valence-electron chi connectivity index (χ0n) is 11.5. The Kier molecular flexibility index (Phi) is 3.59. The lowest BCUT2D eigenvalue weighted by atomic mass is 10.1. The third-order valence-electron chi connectivity index (χ3n) is 3.27. The van der Waals surface area contributed by atoms with Gasteiger partial charge in [0.15, 0.2) is 6.29 Å². The number of carbonyl (C=O) groups is 1. The van der Waals surface area contributed by atoms with Gasteiger partial charge in [0.1, 0.15) is 5.69 Å². The second kappa shape index (κ2) is 5.54. The monoisotopic (exact) mass is 296 g/mol. The molecule has 0 saturated heterocycles. The molecule has 1 heterocycles. The van der Waals surface area contributed by atoms with Crippen LogP contribution in [0.2, 0.25) is 5.02 Å². The van der Waals surface area contributed by atoms with E-state index in [1.807, 2.05) is 49.4 Å². The normalized spacial score (nSPS) is 10.6. The van der Waals surface area contributed by atoms with Crippen molar-refractivity contribution in [2.75, 3.05) is 0 Å². The molecule has 4 heteroatoms. The fourth-order valence-electron chi connectivity index (χ4n) is 2.16. The van der Waals surface area contributed by atoms with E-state index < -0.39 is 0 Å². The number of hydrogen-bond acceptors (Lipinski definition) is 2. The molecule has 0 unspecified atom stereocenters. The molecule has 0 radical (unpaired) electrons. The molecule has 0 aliphatic rings. The van der Waals surface area contributed by atoms with Crippen molar-refractivity contribution in [3.63, 3.8) is 0 Å². The van der Waals surface area contributed by atoms with Crippen LogP contribution in [0.5, 0.6) is 0 Å². The van der Waals surface area contributed by atoms with Crippen LogP contribution in [0.25, 0.3) is 16.9 Å². The zero-order valence-corrected chi connectivity index (χ0v) is 12.2. The largest absolute Gasteiger partial charge is 0.298 e. The van der Waals surface area contributed by atoms with Crippen LogP contribution < -0.4 is 0 Å². The SMILES string of the molecule is Cc1ccc(-c2nn(-c3cccc(Cl)c3)cc2C=O)cc1. The van der Waals surface area contributed by atoms with Crippen LogP contribution in [-0.4, -0.2) is 16.1 Å². The quantitative estimate of drug-likeness (QED) is 0.675. The molecule has 2 aromatic carbocycles. The molecule has 0 aliphatic heterocycles. The summed E-state index contributed by atoms with van der Waals surface area (Å²) in [5, 5.41) is 5.15. The summed E-state index contributed by atoms with van der Waals surface area (Å²) < 4.78 is 1.67. The average molecular weight is 297 g/mol. The van der Waals surface area contributed by atoms with Crippen molar-refractivity contribution >= 4 is 17.9 Å². The minimum Gasteiger partial charge on any atom is -0.298 e. The first-order valence-corrected chi connectivity index (χ1v) is 6.93. The van der Waals surface area contributed by atoms with Gasteiger partial charge < -0.3 is 0 Å². The molecular formula is C17H13ClN2O. The van der Waals surface area contributed by atoms with E-state index in [0.29, 0.717) is 16.3 Å². The van der Waals surface area contributed by atoms with Gasteiger partial charge in [0.25, 0.3) is 0 Å². The Morgan fingerprint density at radius 3 is 2.57 bits per heavy atom. The average Bonchev–Trinajstić information content (AvgIpc) is 2.92. The summed E-state index contributed by atoms with van der Waals surface area (Å²) >= 11 is 6.00. The van der Waals surface area contributed by atoms with Crippen molar-refractivity contribution in [3.05, 3.63) is 70.9 Å². The first-order valence-electron chi connectivity index (χ1n) is 6.55. The maximum atomic E-state index is 11.3. The topological polar surface area (TPSA) is 34.9 Å². The van der Waals surface area contributed by atoms with Crippen LogP contribution in [0.3, 0.4) is 0 Å². The molecule has 104 valence electrons. The minimum atomic E-state index is 0.554. The van der Waals surface area contributed by atoms with Crippen LogP contribution in [0.4, 0.5) is 0 Å². The van der Waals surface area contributed by atoms with Crippen molar-refractivity contribution in [2.24, 2.45) is 0 Å². The Morgan fingerprint density at radius 1 is 1.14 bits per heavy atom. The molecule has 3 rings (SSSR count). The van der Waals surface area contributed by atoms with Gasteiger partial charge in [0.2, 0.25) is 0 Å². The third kappa shape index (κ3) is 2.73. The van der Waals surface area contributed by atoms with Crippen LogP contribution >= 0.6 is 11.6 Å². The van der Waals surface area contributed by atoms with E-state index in [2.05, 4.69) is 5.10 Å². The second-order valence-corrected chi connectivity index (χ2v) is 5.28. The molecule has 1 aromatic heterocycles. The van der Waals surface area contributed by atoms with Crippen molar-refractivity contribution in [2.45, 2.75) is 6.92 Å². The highest BCUT2D eigenvalue weighted by atomic mass is 35.5. The lowest BCUT2D eigenvalue weighted by Gasteiger charge is -2.01. The molecule has 3 aromatic rings. The molecular weight excluding hydrogens is 284 g/mol. The maximum Gasteiger partial charge on any atom is 0.153 e. The Hall–Kier alpha value is -2.39. The van der Waals surface area contributed by atoms with Crippen LogP contribution in [-0.2, 0) is 0 Å². The predicted molar refractivity (Wildman–Crippen MR) is 84.1 cm³/mol. The molecule has 0 spiro atoms. The van der Waals surface area contributed by atoms with Gasteiger partial charge in [-0.2, -0.15) is 5.10 Å². The van der Waals surface area contributed by atoms with Gasteiger partial charge >= 0.3 is 0 Å². The molecule has 0 amide bonds. The molecule has 21 heavy (non-hydrogen) atoms. The van der Waals surface area contributed by atoms with E-state index in [1.165, 1.54) is 5.56 Å². The smallest absolute Gasteiger partial charge is 0.153 e. The van der Waals surface area contributed by atoms with Crippen LogP contribution in [0.15, 0.2) is 54.7 Å². The Bertz CT molecular complexity index is 791. The van der Waals surface area contributed by atoms with Crippen molar-refractivity contribution in [1.82, 2.24) is 9.78 Å². The molecule has 0 bridgehead atoms. The van der Waals surface area contributed by atoms with Crippen molar-refractivity contribution < 1.29 is 4.79 Å². The summed E-state index contributed by atoms with van der Waals surface area (Å²) in [7, 11) is 0. The number of nitrogens with zero attached hydrogens (tertiary/aromatic N) is 2. The van der Waals surface area contributed by atoms with E-state index in [1.54, 1.807) is 16.9 Å². The summed E-state index contributed by atoms with van der Waals surface area (Å²) in [4.78, 5) is 11.3. The predicted octanol–water partition coefficient (Wildman–Crippen LogP) is 4.31. The van der Waals surface area contributed by atoms with Gasteiger partial charge in [-0.15, -0.1) is 0 Å². The lowest BCUT2D eigenvalue weighted by Crippen LogP contribution is -1.94. The molecule has 0 N–H and O–H groups in total. The summed E-state index contributed by atoms with van der Waals surface area (Å²) in [6, 6.07) is 15.3. The summed E-state index contributed by atoms with van der Waals surface area (Å²) in [5.41, 5.74) is 4.14. The fourth-order valence-corrected chi connectivity index (χ4v) is 2.34. The van der Waals surface area contributed by atoms with E-state index in [0.717, 1.165) is 17.5 Å². The summed E-state index contributed by atoms with van der Waals surface area (Å²) in [6.07, 6.45) is 2.54. The number of aldehydes is 1. The fraction of sp³-hybridized carbons (Fsp3) is 0.0588. The van der Waals surface area contributed by atoms with Crippen molar-refractivity contribution in [1.29, 1.82) is 0 Å².